The summed E-state index contributed by atoms with van der Waals surface area (Å²) >= 11 is 1.65. The Labute approximate surface area is 148 Å². The van der Waals surface area contributed by atoms with E-state index in [1.165, 1.54) is 22.7 Å². The van der Waals surface area contributed by atoms with Crippen LogP contribution in [0.1, 0.15) is 34.9 Å². The first kappa shape index (κ1) is 18.1. The lowest BCUT2D eigenvalue weighted by atomic mass is 9.91. The Morgan fingerprint density at radius 2 is 2.16 bits per heavy atom. The van der Waals surface area contributed by atoms with Crippen molar-refractivity contribution < 1.29 is 18.3 Å². The fourth-order valence-corrected chi connectivity index (χ4v) is 4.25. The Morgan fingerprint density at radius 3 is 2.80 bits per heavy atom. The number of aliphatic hydroxyl groups excluding tert-OH is 1. The average molecular weight is 371 g/mol. The van der Waals surface area contributed by atoms with Crippen molar-refractivity contribution in [2.75, 3.05) is 18.0 Å². The molecule has 2 atom stereocenters. The monoisotopic (exact) mass is 371 g/mol. The second-order valence-corrected chi connectivity index (χ2v) is 7.29. The molecule has 0 spiro atoms. The zero-order valence-corrected chi connectivity index (χ0v) is 14.6. The van der Waals surface area contributed by atoms with E-state index in [0.29, 0.717) is 24.7 Å². The van der Waals surface area contributed by atoms with Gasteiger partial charge in [0, 0.05) is 42.2 Å². The third-order valence-corrected chi connectivity index (χ3v) is 5.62. The number of halogens is 3. The van der Waals surface area contributed by atoms with Crippen molar-refractivity contribution in [3.05, 3.63) is 39.8 Å². The van der Waals surface area contributed by atoms with Crippen molar-refractivity contribution in [2.45, 2.75) is 44.4 Å². The normalized spacial score (nSPS) is 21.6. The second kappa shape index (κ2) is 7.29. The maximum absolute atomic E-state index is 12.4. The minimum Gasteiger partial charge on any atom is -0.391 e. The first-order valence-electron chi connectivity index (χ1n) is 8.19. The summed E-state index contributed by atoms with van der Waals surface area (Å²) in [4.78, 5) is 11.5. The maximum Gasteiger partial charge on any atom is 0.389 e. The van der Waals surface area contributed by atoms with Gasteiger partial charge in [-0.15, -0.1) is 11.3 Å². The van der Waals surface area contributed by atoms with Gasteiger partial charge in [-0.05, 0) is 42.8 Å². The third kappa shape index (κ3) is 4.49. The standard InChI is InChI=1S/C17H20F3N3OS/c1-11-5-9-25-15(11)13-4-8-23(10-14(13)24)16-21-7-3-12(22-16)2-6-17(18,19)20/h3,5,7,9,13-14,24H,2,4,6,8,10H2,1H3/t13-,14-/m1/s1. The largest absolute Gasteiger partial charge is 0.391 e. The van der Waals surface area contributed by atoms with Gasteiger partial charge >= 0.3 is 6.18 Å². The Balaban J connectivity index is 1.67. The Bertz CT molecular complexity index is 719. The van der Waals surface area contributed by atoms with Crippen LogP contribution in [0.2, 0.25) is 0 Å². The number of aliphatic hydroxyl groups is 1. The minimum atomic E-state index is -4.20. The number of hydrogen-bond acceptors (Lipinski definition) is 5. The van der Waals surface area contributed by atoms with E-state index in [9.17, 15) is 18.3 Å². The zero-order chi connectivity index (χ0) is 18.0. The molecule has 1 fully saturated rings. The van der Waals surface area contributed by atoms with Crippen molar-refractivity contribution in [1.82, 2.24) is 9.97 Å². The van der Waals surface area contributed by atoms with E-state index in [1.54, 1.807) is 11.3 Å². The molecule has 1 aliphatic rings. The Kier molecular flexibility index (Phi) is 5.29. The number of rotatable bonds is 4. The van der Waals surface area contributed by atoms with Crippen LogP contribution in [0, 0.1) is 6.92 Å². The van der Waals surface area contributed by atoms with Crippen molar-refractivity contribution in [2.24, 2.45) is 0 Å². The predicted molar refractivity (Wildman–Crippen MR) is 91.0 cm³/mol. The zero-order valence-electron chi connectivity index (χ0n) is 13.8. The number of β-amino-alcohol motifs (C(OH)–C–C–N with tert-alkyl or cyclic N) is 1. The topological polar surface area (TPSA) is 49.2 Å². The molecule has 0 bridgehead atoms. The van der Waals surface area contributed by atoms with Gasteiger partial charge in [0.15, 0.2) is 0 Å². The van der Waals surface area contributed by atoms with E-state index in [-0.39, 0.29) is 12.3 Å². The number of alkyl halides is 3. The van der Waals surface area contributed by atoms with Gasteiger partial charge in [0.1, 0.15) is 0 Å². The van der Waals surface area contributed by atoms with Crippen molar-refractivity contribution in [3.63, 3.8) is 0 Å². The summed E-state index contributed by atoms with van der Waals surface area (Å²) in [6, 6.07) is 3.56. The number of aromatic nitrogens is 2. The molecule has 8 heteroatoms. The summed E-state index contributed by atoms with van der Waals surface area (Å²) in [5.41, 5.74) is 1.56. The number of piperidine rings is 1. The lowest BCUT2D eigenvalue weighted by molar-refractivity contribution is -0.134. The van der Waals surface area contributed by atoms with Crippen LogP contribution in [-0.4, -0.2) is 40.4 Å². The average Bonchev–Trinajstić information content (AvgIpc) is 2.98. The summed E-state index contributed by atoms with van der Waals surface area (Å²) in [5.74, 6) is 0.477. The van der Waals surface area contributed by atoms with Gasteiger partial charge in [-0.2, -0.15) is 13.2 Å². The number of thiophene rings is 1. The van der Waals surface area contributed by atoms with Crippen LogP contribution in [0.4, 0.5) is 19.1 Å². The molecule has 0 aliphatic carbocycles. The Morgan fingerprint density at radius 1 is 1.36 bits per heavy atom. The Hall–Kier alpha value is -1.67. The molecule has 3 rings (SSSR count). The van der Waals surface area contributed by atoms with E-state index in [4.69, 9.17) is 0 Å². The SMILES string of the molecule is Cc1ccsc1[C@@H]1CCN(c2nccc(CCC(F)(F)F)n2)C[C@H]1O. The summed E-state index contributed by atoms with van der Waals surface area (Å²) in [6.07, 6.45) is -3.56. The van der Waals surface area contributed by atoms with Gasteiger partial charge in [-0.25, -0.2) is 9.97 Å². The van der Waals surface area contributed by atoms with Crippen LogP contribution < -0.4 is 4.90 Å². The van der Waals surface area contributed by atoms with Crippen LogP contribution >= 0.6 is 11.3 Å². The molecule has 0 aromatic carbocycles. The van der Waals surface area contributed by atoms with E-state index in [2.05, 4.69) is 9.97 Å². The molecule has 1 N–H and O–H groups in total. The van der Waals surface area contributed by atoms with Gasteiger partial charge < -0.3 is 10.0 Å². The molecule has 3 heterocycles. The first-order chi connectivity index (χ1) is 11.8. The summed E-state index contributed by atoms with van der Waals surface area (Å²) in [5, 5.41) is 12.6. The quantitative estimate of drug-likeness (QED) is 0.890. The van der Waals surface area contributed by atoms with Gasteiger partial charge in [0.25, 0.3) is 0 Å². The van der Waals surface area contributed by atoms with Crippen LogP contribution in [0.5, 0.6) is 0 Å². The molecular weight excluding hydrogens is 351 g/mol. The molecule has 0 saturated carbocycles. The van der Waals surface area contributed by atoms with Gasteiger partial charge in [-0.3, -0.25) is 0 Å². The van der Waals surface area contributed by atoms with E-state index in [1.807, 2.05) is 23.3 Å². The molecule has 25 heavy (non-hydrogen) atoms. The third-order valence-electron chi connectivity index (χ3n) is 4.47. The van der Waals surface area contributed by atoms with Gasteiger partial charge in [0.05, 0.1) is 6.10 Å². The second-order valence-electron chi connectivity index (χ2n) is 6.34. The van der Waals surface area contributed by atoms with Gasteiger partial charge in [0.2, 0.25) is 5.95 Å². The molecule has 2 aromatic rings. The number of hydrogen-bond donors (Lipinski definition) is 1. The van der Waals surface area contributed by atoms with E-state index >= 15 is 0 Å². The van der Waals surface area contributed by atoms with Crippen molar-refractivity contribution in [1.29, 1.82) is 0 Å². The molecule has 0 radical (unpaired) electrons. The van der Waals surface area contributed by atoms with Crippen molar-refractivity contribution >= 4 is 17.3 Å². The molecule has 1 saturated heterocycles. The number of nitrogens with zero attached hydrogens (tertiary/aromatic N) is 3. The number of aryl methyl sites for hydroxylation is 2. The summed E-state index contributed by atoms with van der Waals surface area (Å²) < 4.78 is 37.1. The van der Waals surface area contributed by atoms with Crippen LogP contribution in [0.25, 0.3) is 0 Å². The molecule has 4 nitrogen and oxygen atoms in total. The smallest absolute Gasteiger partial charge is 0.389 e. The van der Waals surface area contributed by atoms with Crippen LogP contribution in [0.3, 0.4) is 0 Å². The van der Waals surface area contributed by atoms with Crippen LogP contribution in [0.15, 0.2) is 23.7 Å². The van der Waals surface area contributed by atoms with Gasteiger partial charge in [-0.1, -0.05) is 0 Å². The highest BCUT2D eigenvalue weighted by molar-refractivity contribution is 7.10. The molecule has 136 valence electrons. The van der Waals surface area contributed by atoms with Crippen LogP contribution in [-0.2, 0) is 6.42 Å². The minimum absolute atomic E-state index is 0.0877. The lowest BCUT2D eigenvalue weighted by Crippen LogP contribution is -2.43. The molecule has 0 unspecified atom stereocenters. The highest BCUT2D eigenvalue weighted by Gasteiger charge is 2.32. The number of anilines is 1. The predicted octanol–water partition coefficient (Wildman–Crippen LogP) is 3.70. The summed E-state index contributed by atoms with van der Waals surface area (Å²) in [6.45, 7) is 3.09. The molecule has 2 aromatic heterocycles. The van der Waals surface area contributed by atoms with E-state index < -0.39 is 18.7 Å². The highest BCUT2D eigenvalue weighted by Crippen LogP contribution is 2.34. The van der Waals surface area contributed by atoms with E-state index in [0.717, 1.165) is 6.42 Å². The lowest BCUT2D eigenvalue weighted by Gasteiger charge is -2.36. The highest BCUT2D eigenvalue weighted by atomic mass is 32.1. The van der Waals surface area contributed by atoms with Crippen molar-refractivity contribution in [3.8, 4) is 0 Å². The maximum atomic E-state index is 12.4. The molecule has 0 amide bonds. The summed E-state index contributed by atoms with van der Waals surface area (Å²) in [7, 11) is 0. The fourth-order valence-electron chi connectivity index (χ4n) is 3.13. The fraction of sp³-hybridized carbons (Fsp3) is 0.529. The molecular formula is C17H20F3N3OS. The first-order valence-corrected chi connectivity index (χ1v) is 9.07. The molecule has 1 aliphatic heterocycles.